The first-order valence-electron chi connectivity index (χ1n) is 10.7. The summed E-state index contributed by atoms with van der Waals surface area (Å²) in [6.45, 7) is 6.65. The number of amides is 1. The van der Waals surface area contributed by atoms with Crippen molar-refractivity contribution < 1.29 is 4.79 Å². The van der Waals surface area contributed by atoms with Crippen LogP contribution < -0.4 is 10.9 Å². The highest BCUT2D eigenvalue weighted by atomic mass is 16.1. The van der Waals surface area contributed by atoms with Gasteiger partial charge in [-0.1, -0.05) is 56.3 Å². The van der Waals surface area contributed by atoms with Gasteiger partial charge in [-0.25, -0.2) is 0 Å². The van der Waals surface area contributed by atoms with Crippen molar-refractivity contribution in [3.05, 3.63) is 76.3 Å². The van der Waals surface area contributed by atoms with Crippen LogP contribution in [0.5, 0.6) is 0 Å². The van der Waals surface area contributed by atoms with Crippen molar-refractivity contribution in [2.75, 3.05) is 0 Å². The maximum atomic E-state index is 13.0. The number of aryl methyl sites for hydroxylation is 1. The van der Waals surface area contributed by atoms with E-state index in [4.69, 9.17) is 0 Å². The molecule has 1 unspecified atom stereocenters. The molecule has 0 aliphatic rings. The quantitative estimate of drug-likeness (QED) is 0.499. The van der Waals surface area contributed by atoms with Gasteiger partial charge in [0.1, 0.15) is 5.82 Å². The van der Waals surface area contributed by atoms with E-state index in [2.05, 4.69) is 29.4 Å². The molecular weight excluding hydrogens is 390 g/mol. The fourth-order valence-electron chi connectivity index (χ4n) is 3.87. The van der Waals surface area contributed by atoms with Gasteiger partial charge in [0.05, 0.1) is 16.9 Å². The summed E-state index contributed by atoms with van der Waals surface area (Å²) in [5, 5.41) is 12.3. The highest BCUT2D eigenvalue weighted by molar-refractivity contribution is 5.80. The Morgan fingerprint density at radius 2 is 1.71 bits per heavy atom. The Morgan fingerprint density at radius 3 is 2.45 bits per heavy atom. The highest BCUT2D eigenvalue weighted by Crippen LogP contribution is 2.17. The molecule has 2 heterocycles. The normalized spacial score (nSPS) is 12.5. The number of aromatic nitrogens is 4. The predicted octanol–water partition coefficient (Wildman–Crippen LogP) is 3.51. The molecule has 2 aromatic carbocycles. The molecule has 1 N–H and O–H groups in total. The van der Waals surface area contributed by atoms with Gasteiger partial charge in [0.25, 0.3) is 5.56 Å². The molecule has 7 nitrogen and oxygen atoms in total. The van der Waals surface area contributed by atoms with Crippen LogP contribution in [0.4, 0.5) is 0 Å². The Morgan fingerprint density at radius 1 is 1.00 bits per heavy atom. The number of nitrogens with one attached hydrogen (secondary N) is 1. The summed E-state index contributed by atoms with van der Waals surface area (Å²) in [4.78, 5) is 25.6. The van der Waals surface area contributed by atoms with Crippen LogP contribution in [0.15, 0.2) is 59.4 Å². The lowest BCUT2D eigenvalue weighted by Crippen LogP contribution is -2.27. The molecule has 0 aliphatic heterocycles. The molecule has 7 heteroatoms. The van der Waals surface area contributed by atoms with Gasteiger partial charge in [0.2, 0.25) is 11.7 Å². The molecule has 0 saturated heterocycles. The number of benzene rings is 2. The zero-order valence-electron chi connectivity index (χ0n) is 18.1. The van der Waals surface area contributed by atoms with Crippen LogP contribution in [0.2, 0.25) is 0 Å². The van der Waals surface area contributed by atoms with Crippen LogP contribution >= 0.6 is 0 Å². The van der Waals surface area contributed by atoms with Gasteiger partial charge in [-0.3, -0.25) is 18.6 Å². The van der Waals surface area contributed by atoms with Crippen LogP contribution in [0.25, 0.3) is 16.7 Å². The molecule has 4 rings (SSSR count). The van der Waals surface area contributed by atoms with E-state index in [-0.39, 0.29) is 29.8 Å². The molecule has 0 bridgehead atoms. The number of para-hydroxylation sites is 1. The largest absolute Gasteiger partial charge is 0.350 e. The molecular formula is C24H27N5O2. The van der Waals surface area contributed by atoms with Gasteiger partial charge < -0.3 is 5.32 Å². The molecule has 160 valence electrons. The minimum Gasteiger partial charge on any atom is -0.350 e. The van der Waals surface area contributed by atoms with E-state index in [1.54, 1.807) is 4.57 Å². The first-order chi connectivity index (χ1) is 15.0. The van der Waals surface area contributed by atoms with Gasteiger partial charge >= 0.3 is 0 Å². The number of hydrogen-bond acceptors (Lipinski definition) is 4. The lowest BCUT2D eigenvalue weighted by Gasteiger charge is -2.14. The van der Waals surface area contributed by atoms with E-state index in [1.807, 2.05) is 65.9 Å². The second kappa shape index (κ2) is 8.71. The second-order valence-corrected chi connectivity index (χ2v) is 8.28. The van der Waals surface area contributed by atoms with Crippen molar-refractivity contribution in [2.24, 2.45) is 5.92 Å². The average molecular weight is 418 g/mol. The number of hydrogen-bond donors (Lipinski definition) is 1. The maximum Gasteiger partial charge on any atom is 0.262 e. The number of fused-ring (bicyclic) bond motifs is 3. The Hall–Kier alpha value is -3.48. The standard InChI is InChI=1S/C24H27N5O2/c1-16(2)15-28-23(31)19-11-7-8-12-20(19)29-21(26-27-24(28)29)13-14-22(30)25-17(3)18-9-5-4-6-10-18/h4-12,16-17H,13-15H2,1-3H3,(H,25,30). The molecule has 0 aliphatic carbocycles. The van der Waals surface area contributed by atoms with Crippen LogP contribution in [-0.4, -0.2) is 25.1 Å². The minimum atomic E-state index is -0.0686. The Kier molecular flexibility index (Phi) is 5.84. The van der Waals surface area contributed by atoms with Crippen molar-refractivity contribution in [1.82, 2.24) is 24.5 Å². The van der Waals surface area contributed by atoms with Gasteiger partial charge in [0.15, 0.2) is 0 Å². The molecule has 2 aromatic heterocycles. The fourth-order valence-corrected chi connectivity index (χ4v) is 3.87. The molecule has 1 atom stereocenters. The molecule has 1 amide bonds. The SMILES string of the molecule is CC(C)Cn1c(=O)c2ccccc2n2c(CCC(=O)NC(C)c3ccccc3)nnc12. The van der Waals surface area contributed by atoms with Crippen LogP contribution in [0, 0.1) is 5.92 Å². The zero-order chi connectivity index (χ0) is 22.0. The van der Waals surface area contributed by atoms with Gasteiger partial charge in [-0.15, -0.1) is 10.2 Å². The Balaban J connectivity index is 1.62. The molecule has 0 spiro atoms. The predicted molar refractivity (Wildman–Crippen MR) is 121 cm³/mol. The third-order valence-electron chi connectivity index (χ3n) is 5.38. The van der Waals surface area contributed by atoms with E-state index in [9.17, 15) is 9.59 Å². The number of rotatable bonds is 7. The molecule has 0 saturated carbocycles. The van der Waals surface area contributed by atoms with Crippen molar-refractivity contribution in [1.29, 1.82) is 0 Å². The zero-order valence-corrected chi connectivity index (χ0v) is 18.1. The maximum absolute atomic E-state index is 13.0. The summed E-state index contributed by atoms with van der Waals surface area (Å²) in [5.74, 6) is 1.43. The van der Waals surface area contributed by atoms with Crippen molar-refractivity contribution in [2.45, 2.75) is 46.2 Å². The summed E-state index contributed by atoms with van der Waals surface area (Å²) in [5.41, 5.74) is 1.76. The van der Waals surface area contributed by atoms with Crippen molar-refractivity contribution in [3.8, 4) is 0 Å². The van der Waals surface area contributed by atoms with Gasteiger partial charge in [-0.2, -0.15) is 0 Å². The van der Waals surface area contributed by atoms with E-state index >= 15 is 0 Å². The van der Waals surface area contributed by atoms with Crippen LogP contribution in [0.3, 0.4) is 0 Å². The number of nitrogens with zero attached hydrogens (tertiary/aromatic N) is 4. The second-order valence-electron chi connectivity index (χ2n) is 8.28. The lowest BCUT2D eigenvalue weighted by atomic mass is 10.1. The lowest BCUT2D eigenvalue weighted by molar-refractivity contribution is -0.121. The summed E-state index contributed by atoms with van der Waals surface area (Å²) >= 11 is 0. The molecule has 4 aromatic rings. The first kappa shape index (κ1) is 20.8. The van der Waals surface area contributed by atoms with Crippen molar-refractivity contribution in [3.63, 3.8) is 0 Å². The third-order valence-corrected chi connectivity index (χ3v) is 5.38. The fraction of sp³-hybridized carbons (Fsp3) is 0.333. The van der Waals surface area contributed by atoms with E-state index < -0.39 is 0 Å². The Bertz CT molecular complexity index is 1270. The molecule has 0 radical (unpaired) electrons. The number of carbonyl (C=O) groups excluding carboxylic acids is 1. The number of carbonyl (C=O) groups is 1. The molecule has 0 fully saturated rings. The van der Waals surface area contributed by atoms with E-state index in [0.717, 1.165) is 11.1 Å². The van der Waals surface area contributed by atoms with Crippen molar-refractivity contribution >= 4 is 22.6 Å². The van der Waals surface area contributed by atoms with Gasteiger partial charge in [-0.05, 0) is 30.5 Å². The monoisotopic (exact) mass is 417 g/mol. The van der Waals surface area contributed by atoms with E-state index in [0.29, 0.717) is 30.0 Å². The van der Waals surface area contributed by atoms with Crippen LogP contribution in [0.1, 0.15) is 44.6 Å². The van der Waals surface area contributed by atoms with Gasteiger partial charge in [0, 0.05) is 19.4 Å². The Labute approximate surface area is 180 Å². The van der Waals surface area contributed by atoms with Crippen LogP contribution in [-0.2, 0) is 17.8 Å². The topological polar surface area (TPSA) is 81.3 Å². The first-order valence-corrected chi connectivity index (χ1v) is 10.7. The highest BCUT2D eigenvalue weighted by Gasteiger charge is 2.18. The summed E-state index contributed by atoms with van der Waals surface area (Å²) in [7, 11) is 0. The smallest absolute Gasteiger partial charge is 0.262 e. The van der Waals surface area contributed by atoms with E-state index in [1.165, 1.54) is 0 Å². The summed E-state index contributed by atoms with van der Waals surface area (Å²) in [6.07, 6.45) is 0.716. The summed E-state index contributed by atoms with van der Waals surface area (Å²) < 4.78 is 3.59. The minimum absolute atomic E-state index is 0.0482. The average Bonchev–Trinajstić information content (AvgIpc) is 3.19. The molecule has 31 heavy (non-hydrogen) atoms. The summed E-state index contributed by atoms with van der Waals surface area (Å²) in [6, 6.07) is 17.3. The third kappa shape index (κ3) is 4.21.